The highest BCUT2D eigenvalue weighted by molar-refractivity contribution is 5.24. The van der Waals surface area contributed by atoms with E-state index in [-0.39, 0.29) is 0 Å². The van der Waals surface area contributed by atoms with Gasteiger partial charge in [0.15, 0.2) is 0 Å². The monoisotopic (exact) mass is 258 g/mol. The van der Waals surface area contributed by atoms with Gasteiger partial charge < -0.3 is 5.73 Å². The Balaban J connectivity index is 1.98. The first-order valence-electron chi connectivity index (χ1n) is 6.87. The summed E-state index contributed by atoms with van der Waals surface area (Å²) in [6.07, 6.45) is 3.87. The van der Waals surface area contributed by atoms with Gasteiger partial charge in [0, 0.05) is 6.20 Å². The zero-order valence-electron chi connectivity index (χ0n) is 11.7. The average molecular weight is 258 g/mol. The Labute approximate surface area is 114 Å². The molecule has 0 saturated carbocycles. The third-order valence-corrected chi connectivity index (χ3v) is 3.21. The molecule has 0 amide bonds. The zero-order valence-corrected chi connectivity index (χ0v) is 11.7. The van der Waals surface area contributed by atoms with Gasteiger partial charge in [0.2, 0.25) is 0 Å². The van der Waals surface area contributed by atoms with Crippen molar-refractivity contribution in [2.45, 2.75) is 39.2 Å². The Morgan fingerprint density at radius 3 is 2.58 bits per heavy atom. The maximum atomic E-state index is 5.49. The third kappa shape index (κ3) is 3.89. The number of hydrogen-bond acceptors (Lipinski definition) is 3. The van der Waals surface area contributed by atoms with E-state index in [0.717, 1.165) is 25.1 Å². The van der Waals surface area contributed by atoms with E-state index in [4.69, 9.17) is 5.73 Å². The van der Waals surface area contributed by atoms with Crippen LogP contribution in [0.4, 0.5) is 0 Å². The summed E-state index contributed by atoms with van der Waals surface area (Å²) in [7, 11) is 0. The minimum absolute atomic E-state index is 0.572. The number of nitrogens with two attached hydrogens (primary N) is 1. The Morgan fingerprint density at radius 2 is 1.95 bits per heavy atom. The van der Waals surface area contributed by atoms with Crippen LogP contribution in [0.3, 0.4) is 0 Å². The lowest BCUT2D eigenvalue weighted by molar-refractivity contribution is 0.648. The number of nitrogens with zero attached hydrogens (tertiary/aromatic N) is 3. The van der Waals surface area contributed by atoms with Gasteiger partial charge >= 0.3 is 0 Å². The second-order valence-corrected chi connectivity index (χ2v) is 5.20. The van der Waals surface area contributed by atoms with Gasteiger partial charge in [0.1, 0.15) is 0 Å². The first-order chi connectivity index (χ1) is 9.19. The van der Waals surface area contributed by atoms with E-state index < -0.39 is 0 Å². The summed E-state index contributed by atoms with van der Waals surface area (Å²) >= 11 is 0. The van der Waals surface area contributed by atoms with Crippen LogP contribution >= 0.6 is 0 Å². The largest absolute Gasteiger partial charge is 0.330 e. The van der Waals surface area contributed by atoms with Crippen molar-refractivity contribution in [1.29, 1.82) is 0 Å². The van der Waals surface area contributed by atoms with Crippen LogP contribution in [0, 0.1) is 0 Å². The molecular weight excluding hydrogens is 236 g/mol. The fraction of sp³-hybridized carbons (Fsp3) is 0.467. The van der Waals surface area contributed by atoms with Crippen LogP contribution in [-0.4, -0.2) is 21.5 Å². The molecule has 0 spiro atoms. The molecule has 102 valence electrons. The molecule has 0 aliphatic rings. The maximum Gasteiger partial charge on any atom is 0.0827 e. The summed E-state index contributed by atoms with van der Waals surface area (Å²) < 4.78 is 1.89. The van der Waals surface area contributed by atoms with Crippen molar-refractivity contribution in [1.82, 2.24) is 15.0 Å². The smallest absolute Gasteiger partial charge is 0.0827 e. The number of aryl methyl sites for hydroxylation is 1. The van der Waals surface area contributed by atoms with Crippen molar-refractivity contribution >= 4 is 0 Å². The van der Waals surface area contributed by atoms with Gasteiger partial charge in [0.25, 0.3) is 0 Å². The van der Waals surface area contributed by atoms with Gasteiger partial charge in [-0.3, -0.25) is 0 Å². The maximum absolute atomic E-state index is 5.49. The molecule has 0 aliphatic heterocycles. The lowest BCUT2D eigenvalue weighted by atomic mass is 10.0. The molecule has 2 rings (SSSR count). The van der Waals surface area contributed by atoms with E-state index >= 15 is 0 Å². The van der Waals surface area contributed by atoms with E-state index in [1.165, 1.54) is 11.1 Å². The van der Waals surface area contributed by atoms with Crippen LogP contribution in [0.2, 0.25) is 0 Å². The molecule has 0 fully saturated rings. The number of benzene rings is 1. The van der Waals surface area contributed by atoms with Gasteiger partial charge in [-0.15, -0.1) is 5.10 Å². The van der Waals surface area contributed by atoms with Crippen molar-refractivity contribution in [2.75, 3.05) is 6.54 Å². The Hall–Kier alpha value is -1.68. The summed E-state index contributed by atoms with van der Waals surface area (Å²) in [5.41, 5.74) is 9.12. The molecule has 0 atom stereocenters. The second kappa shape index (κ2) is 6.48. The third-order valence-electron chi connectivity index (χ3n) is 3.21. The first kappa shape index (κ1) is 13.7. The molecule has 0 radical (unpaired) electrons. The predicted octanol–water partition coefficient (Wildman–Crippen LogP) is 2.34. The van der Waals surface area contributed by atoms with Gasteiger partial charge in [0.05, 0.1) is 12.2 Å². The average Bonchev–Trinajstić information content (AvgIpc) is 2.84. The Morgan fingerprint density at radius 1 is 1.21 bits per heavy atom. The fourth-order valence-electron chi connectivity index (χ4n) is 2.01. The molecule has 0 aliphatic carbocycles. The molecule has 0 unspecified atom stereocenters. The lowest BCUT2D eigenvalue weighted by Crippen LogP contribution is -2.01. The van der Waals surface area contributed by atoms with Gasteiger partial charge in [-0.2, -0.15) is 0 Å². The van der Waals surface area contributed by atoms with Crippen molar-refractivity contribution in [3.63, 3.8) is 0 Å². The van der Waals surface area contributed by atoms with Gasteiger partial charge in [-0.05, 0) is 36.4 Å². The van der Waals surface area contributed by atoms with Crippen LogP contribution in [0.25, 0.3) is 0 Å². The van der Waals surface area contributed by atoms with Crippen LogP contribution in [-0.2, 0) is 13.0 Å². The molecule has 19 heavy (non-hydrogen) atoms. The highest BCUT2D eigenvalue weighted by atomic mass is 15.4. The summed E-state index contributed by atoms with van der Waals surface area (Å²) in [5, 5.41) is 8.30. The highest BCUT2D eigenvalue weighted by Gasteiger charge is 2.03. The number of aromatic nitrogens is 3. The van der Waals surface area contributed by atoms with E-state index in [2.05, 4.69) is 48.4 Å². The quantitative estimate of drug-likeness (QED) is 0.865. The predicted molar refractivity (Wildman–Crippen MR) is 77.0 cm³/mol. The topological polar surface area (TPSA) is 56.7 Å². The van der Waals surface area contributed by atoms with Crippen molar-refractivity contribution in [2.24, 2.45) is 5.73 Å². The minimum atomic E-state index is 0.572. The number of rotatable bonds is 6. The normalized spacial score (nSPS) is 11.2. The van der Waals surface area contributed by atoms with E-state index in [0.29, 0.717) is 12.5 Å². The number of hydrogen-bond donors (Lipinski definition) is 1. The second-order valence-electron chi connectivity index (χ2n) is 5.20. The molecule has 0 bridgehead atoms. The highest BCUT2D eigenvalue weighted by Crippen LogP contribution is 2.15. The zero-order chi connectivity index (χ0) is 13.7. The van der Waals surface area contributed by atoms with Gasteiger partial charge in [-0.1, -0.05) is 43.3 Å². The summed E-state index contributed by atoms with van der Waals surface area (Å²) in [6, 6.07) is 8.70. The van der Waals surface area contributed by atoms with Gasteiger partial charge in [-0.25, -0.2) is 4.68 Å². The molecule has 1 aromatic heterocycles. The minimum Gasteiger partial charge on any atom is -0.330 e. The van der Waals surface area contributed by atoms with E-state index in [9.17, 15) is 0 Å². The van der Waals surface area contributed by atoms with Crippen molar-refractivity contribution in [3.8, 4) is 0 Å². The summed E-state index contributed by atoms with van der Waals surface area (Å²) in [4.78, 5) is 0. The van der Waals surface area contributed by atoms with Crippen LogP contribution < -0.4 is 5.73 Å². The Kier molecular flexibility index (Phi) is 4.68. The molecule has 4 heteroatoms. The molecular formula is C15H22N4. The molecule has 1 heterocycles. The van der Waals surface area contributed by atoms with Crippen molar-refractivity contribution in [3.05, 3.63) is 47.3 Å². The Bertz CT molecular complexity index is 499. The summed E-state index contributed by atoms with van der Waals surface area (Å²) in [5.74, 6) is 0.572. The van der Waals surface area contributed by atoms with Crippen LogP contribution in [0.15, 0.2) is 30.5 Å². The SMILES string of the molecule is CC(C)c1ccc(Cn2cc(CCCN)nn2)cc1. The fourth-order valence-corrected chi connectivity index (χ4v) is 2.01. The van der Waals surface area contributed by atoms with E-state index in [1.807, 2.05) is 10.9 Å². The molecule has 4 nitrogen and oxygen atoms in total. The molecule has 1 aromatic carbocycles. The summed E-state index contributed by atoms with van der Waals surface area (Å²) in [6.45, 7) is 5.88. The lowest BCUT2D eigenvalue weighted by Gasteiger charge is -2.06. The van der Waals surface area contributed by atoms with Crippen molar-refractivity contribution < 1.29 is 0 Å². The van der Waals surface area contributed by atoms with Crippen LogP contribution in [0.1, 0.15) is 43.0 Å². The first-order valence-corrected chi connectivity index (χ1v) is 6.87. The van der Waals surface area contributed by atoms with E-state index in [1.54, 1.807) is 0 Å². The molecule has 0 saturated heterocycles. The molecule has 2 N–H and O–H groups in total. The molecule has 2 aromatic rings. The van der Waals surface area contributed by atoms with Crippen LogP contribution in [0.5, 0.6) is 0 Å². The standard InChI is InChI=1S/C15H22N4/c1-12(2)14-7-5-13(6-8-14)10-19-11-15(17-18-19)4-3-9-16/h5-8,11-12H,3-4,9-10,16H2,1-2H3.